The molecule has 0 N–H and O–H groups in total. The summed E-state index contributed by atoms with van der Waals surface area (Å²) in [6.45, 7) is 4.07. The molecular formula is C18H20O2. The van der Waals surface area contributed by atoms with E-state index in [0.717, 1.165) is 30.4 Å². The van der Waals surface area contributed by atoms with E-state index in [1.165, 1.54) is 5.56 Å². The summed E-state index contributed by atoms with van der Waals surface area (Å²) in [4.78, 5) is 25.6. The van der Waals surface area contributed by atoms with Gasteiger partial charge in [0.05, 0.1) is 0 Å². The van der Waals surface area contributed by atoms with Crippen LogP contribution in [-0.2, 0) is 9.59 Å². The Labute approximate surface area is 119 Å². The van der Waals surface area contributed by atoms with Gasteiger partial charge in [0.25, 0.3) is 0 Å². The van der Waals surface area contributed by atoms with Gasteiger partial charge in [0.2, 0.25) is 0 Å². The lowest BCUT2D eigenvalue weighted by Gasteiger charge is -2.21. The first kappa shape index (κ1) is 12.3. The summed E-state index contributed by atoms with van der Waals surface area (Å²) < 4.78 is 0. The Kier molecular flexibility index (Phi) is 2.48. The minimum absolute atomic E-state index is 0.0481. The van der Waals surface area contributed by atoms with Crippen LogP contribution in [0.25, 0.3) is 0 Å². The molecular weight excluding hydrogens is 248 g/mol. The van der Waals surface area contributed by atoms with Gasteiger partial charge in [0.1, 0.15) is 5.92 Å². The number of Topliss-reactive ketones (excluding diaryl/α,β-unsaturated/α-hetero) is 2. The van der Waals surface area contributed by atoms with Crippen LogP contribution in [0.1, 0.15) is 41.9 Å². The summed E-state index contributed by atoms with van der Waals surface area (Å²) in [7, 11) is 0. The summed E-state index contributed by atoms with van der Waals surface area (Å²) in [5, 5.41) is 0. The van der Waals surface area contributed by atoms with Crippen molar-refractivity contribution in [2.75, 3.05) is 0 Å². The highest BCUT2D eigenvalue weighted by Gasteiger charge is 2.61. The third kappa shape index (κ3) is 1.45. The number of carbonyl (C=O) groups excluding carboxylic acids is 2. The van der Waals surface area contributed by atoms with Crippen molar-refractivity contribution in [3.05, 3.63) is 34.9 Å². The van der Waals surface area contributed by atoms with Crippen molar-refractivity contribution in [2.45, 2.75) is 39.0 Å². The molecule has 0 amide bonds. The Morgan fingerprint density at radius 1 is 0.950 bits per heavy atom. The topological polar surface area (TPSA) is 34.1 Å². The van der Waals surface area contributed by atoms with Gasteiger partial charge in [0.15, 0.2) is 11.6 Å². The van der Waals surface area contributed by atoms with E-state index in [1.807, 2.05) is 26.0 Å². The van der Waals surface area contributed by atoms with Gasteiger partial charge in [-0.25, -0.2) is 0 Å². The second kappa shape index (κ2) is 4.03. The monoisotopic (exact) mass is 268 g/mol. The molecule has 1 aromatic rings. The molecule has 4 rings (SSSR count). The normalized spacial score (nSPS) is 38.6. The number of benzene rings is 1. The number of fused-ring (bicyclic) bond motifs is 5. The molecule has 0 heterocycles. The van der Waals surface area contributed by atoms with Crippen LogP contribution in [0.3, 0.4) is 0 Å². The van der Waals surface area contributed by atoms with E-state index in [1.54, 1.807) is 0 Å². The number of hydrogen-bond acceptors (Lipinski definition) is 2. The Balaban J connectivity index is 1.77. The van der Waals surface area contributed by atoms with E-state index in [4.69, 9.17) is 0 Å². The van der Waals surface area contributed by atoms with Crippen molar-refractivity contribution in [1.29, 1.82) is 0 Å². The third-order valence-electron chi connectivity index (χ3n) is 5.88. The van der Waals surface area contributed by atoms with Crippen LogP contribution in [0.15, 0.2) is 18.2 Å². The van der Waals surface area contributed by atoms with E-state index in [0.29, 0.717) is 11.8 Å². The predicted molar refractivity (Wildman–Crippen MR) is 76.5 cm³/mol. The molecule has 2 bridgehead atoms. The average Bonchev–Trinajstić information content (AvgIpc) is 3.06. The number of carbonyl (C=O) groups is 2. The van der Waals surface area contributed by atoms with Crippen molar-refractivity contribution >= 4 is 11.6 Å². The average molecular weight is 268 g/mol. The van der Waals surface area contributed by atoms with Gasteiger partial charge >= 0.3 is 0 Å². The van der Waals surface area contributed by atoms with E-state index < -0.39 is 5.92 Å². The molecule has 20 heavy (non-hydrogen) atoms. The zero-order valence-electron chi connectivity index (χ0n) is 12.1. The SMILES string of the molecule is Cc1ccc(C2C(=O)C3C4CCC(C4)C3C2=O)c(C)c1. The Morgan fingerprint density at radius 2 is 1.55 bits per heavy atom. The quantitative estimate of drug-likeness (QED) is 0.733. The first-order chi connectivity index (χ1) is 9.58. The third-order valence-corrected chi connectivity index (χ3v) is 5.88. The molecule has 3 aliphatic rings. The van der Waals surface area contributed by atoms with Crippen LogP contribution in [0.5, 0.6) is 0 Å². The first-order valence-corrected chi connectivity index (χ1v) is 7.72. The van der Waals surface area contributed by atoms with Crippen LogP contribution in [0, 0.1) is 37.5 Å². The minimum Gasteiger partial charge on any atom is -0.298 e. The van der Waals surface area contributed by atoms with Gasteiger partial charge in [-0.15, -0.1) is 0 Å². The second-order valence-corrected chi connectivity index (χ2v) is 6.98. The van der Waals surface area contributed by atoms with Crippen molar-refractivity contribution in [2.24, 2.45) is 23.7 Å². The maximum Gasteiger partial charge on any atom is 0.151 e. The van der Waals surface area contributed by atoms with E-state index in [-0.39, 0.29) is 23.4 Å². The summed E-state index contributed by atoms with van der Waals surface area (Å²) >= 11 is 0. The molecule has 0 aromatic heterocycles. The molecule has 0 saturated heterocycles. The summed E-state index contributed by atoms with van der Waals surface area (Å²) in [5.74, 6) is 1.07. The molecule has 0 aliphatic heterocycles. The zero-order chi connectivity index (χ0) is 14.0. The standard InChI is InChI=1S/C18H20O2/c1-9-3-6-13(10(2)7-9)16-17(19)14-11-4-5-12(8-11)15(14)18(16)20/h3,6-7,11-12,14-16H,4-5,8H2,1-2H3. The largest absolute Gasteiger partial charge is 0.298 e. The first-order valence-electron chi connectivity index (χ1n) is 7.72. The predicted octanol–water partition coefficient (Wildman–Crippen LogP) is 3.20. The van der Waals surface area contributed by atoms with Gasteiger partial charge in [-0.05, 0) is 56.1 Å². The fourth-order valence-corrected chi connectivity index (χ4v) is 5.09. The molecule has 3 saturated carbocycles. The van der Waals surface area contributed by atoms with Crippen LogP contribution in [-0.4, -0.2) is 11.6 Å². The van der Waals surface area contributed by atoms with E-state index >= 15 is 0 Å². The Bertz CT molecular complexity index is 588. The molecule has 104 valence electrons. The molecule has 0 radical (unpaired) electrons. The summed E-state index contributed by atoms with van der Waals surface area (Å²) in [6, 6.07) is 6.10. The molecule has 4 unspecified atom stereocenters. The van der Waals surface area contributed by atoms with Crippen molar-refractivity contribution in [1.82, 2.24) is 0 Å². The molecule has 4 atom stereocenters. The molecule has 2 heteroatoms. The fraction of sp³-hybridized carbons (Fsp3) is 0.556. The van der Waals surface area contributed by atoms with Gasteiger partial charge < -0.3 is 0 Å². The summed E-state index contributed by atoms with van der Waals surface area (Å²) in [5.41, 5.74) is 3.23. The highest BCUT2D eigenvalue weighted by molar-refractivity contribution is 6.16. The van der Waals surface area contributed by atoms with E-state index in [9.17, 15) is 9.59 Å². The Hall–Kier alpha value is -1.44. The molecule has 3 fully saturated rings. The molecule has 1 aromatic carbocycles. The number of hydrogen-bond donors (Lipinski definition) is 0. The van der Waals surface area contributed by atoms with Crippen molar-refractivity contribution in [3.8, 4) is 0 Å². The summed E-state index contributed by atoms with van der Waals surface area (Å²) in [6.07, 6.45) is 3.43. The number of aryl methyl sites for hydroxylation is 2. The van der Waals surface area contributed by atoms with Crippen molar-refractivity contribution < 1.29 is 9.59 Å². The highest BCUT2D eigenvalue weighted by atomic mass is 16.2. The van der Waals surface area contributed by atoms with Gasteiger partial charge in [-0.3, -0.25) is 9.59 Å². The second-order valence-electron chi connectivity index (χ2n) is 6.98. The van der Waals surface area contributed by atoms with Gasteiger partial charge in [-0.1, -0.05) is 23.8 Å². The maximum atomic E-state index is 12.8. The molecule has 3 aliphatic carbocycles. The van der Waals surface area contributed by atoms with Crippen LogP contribution in [0.4, 0.5) is 0 Å². The van der Waals surface area contributed by atoms with Crippen LogP contribution >= 0.6 is 0 Å². The van der Waals surface area contributed by atoms with Gasteiger partial charge in [-0.2, -0.15) is 0 Å². The Morgan fingerprint density at radius 3 is 2.10 bits per heavy atom. The molecule has 0 spiro atoms. The number of rotatable bonds is 1. The maximum absolute atomic E-state index is 12.8. The lowest BCUT2D eigenvalue weighted by molar-refractivity contribution is -0.125. The smallest absolute Gasteiger partial charge is 0.151 e. The van der Waals surface area contributed by atoms with Crippen LogP contribution in [0.2, 0.25) is 0 Å². The lowest BCUT2D eigenvalue weighted by Crippen LogP contribution is -2.24. The lowest BCUT2D eigenvalue weighted by atomic mass is 9.81. The van der Waals surface area contributed by atoms with E-state index in [2.05, 4.69) is 6.07 Å². The fourth-order valence-electron chi connectivity index (χ4n) is 5.09. The van der Waals surface area contributed by atoms with Crippen molar-refractivity contribution in [3.63, 3.8) is 0 Å². The van der Waals surface area contributed by atoms with Gasteiger partial charge in [0, 0.05) is 11.8 Å². The van der Waals surface area contributed by atoms with Crippen LogP contribution < -0.4 is 0 Å². The highest BCUT2D eigenvalue weighted by Crippen LogP contribution is 2.58. The minimum atomic E-state index is -0.464. The number of ketones is 2. The zero-order valence-corrected chi connectivity index (χ0v) is 12.1. The molecule has 2 nitrogen and oxygen atoms in total.